The minimum atomic E-state index is -0.455. The topological polar surface area (TPSA) is 38.9 Å². The summed E-state index contributed by atoms with van der Waals surface area (Å²) < 4.78 is 26.4. The summed E-state index contributed by atoms with van der Waals surface area (Å²) in [5.41, 5.74) is 7.07. The number of benzene rings is 1. The lowest BCUT2D eigenvalue weighted by Gasteiger charge is -2.12. The number of rotatable bonds is 3. The fourth-order valence-electron chi connectivity index (χ4n) is 1.67. The number of hydrogen-bond donors (Lipinski definition) is 1. The van der Waals surface area contributed by atoms with Crippen LogP contribution in [0.25, 0.3) is 0 Å². The Morgan fingerprint density at radius 2 is 1.82 bits per heavy atom. The van der Waals surface area contributed by atoms with Gasteiger partial charge < -0.3 is 5.73 Å². The van der Waals surface area contributed by atoms with Crippen LogP contribution in [0.15, 0.2) is 42.7 Å². The highest BCUT2D eigenvalue weighted by Crippen LogP contribution is 2.18. The SMILES string of the molecule is NC(Cc1cc(F)ccc1F)c1ccncc1. The van der Waals surface area contributed by atoms with E-state index in [9.17, 15) is 8.78 Å². The Balaban J connectivity index is 2.18. The minimum Gasteiger partial charge on any atom is -0.324 e. The minimum absolute atomic E-state index is 0.258. The maximum absolute atomic E-state index is 13.4. The van der Waals surface area contributed by atoms with Crippen molar-refractivity contribution in [2.75, 3.05) is 0 Å². The van der Waals surface area contributed by atoms with Crippen LogP contribution in [0.5, 0.6) is 0 Å². The third-order valence-electron chi connectivity index (χ3n) is 2.58. The van der Waals surface area contributed by atoms with E-state index in [0.29, 0.717) is 0 Å². The van der Waals surface area contributed by atoms with Crippen molar-refractivity contribution in [3.8, 4) is 0 Å². The van der Waals surface area contributed by atoms with Crippen LogP contribution >= 0.6 is 0 Å². The van der Waals surface area contributed by atoms with Crippen LogP contribution < -0.4 is 5.73 Å². The summed E-state index contributed by atoms with van der Waals surface area (Å²) in [4.78, 5) is 3.88. The molecule has 0 saturated heterocycles. The predicted octanol–water partition coefficient (Wildman–Crippen LogP) is 2.60. The van der Waals surface area contributed by atoms with E-state index >= 15 is 0 Å². The molecule has 1 aromatic carbocycles. The fraction of sp³-hybridized carbons (Fsp3) is 0.154. The van der Waals surface area contributed by atoms with Crippen LogP contribution in [0, 0.1) is 11.6 Å². The number of nitrogens with two attached hydrogens (primary N) is 1. The first-order valence-electron chi connectivity index (χ1n) is 5.26. The standard InChI is InChI=1S/C13H12F2N2/c14-11-1-2-12(15)10(7-11)8-13(16)9-3-5-17-6-4-9/h1-7,13H,8,16H2. The average Bonchev–Trinajstić information content (AvgIpc) is 2.35. The van der Waals surface area contributed by atoms with E-state index in [4.69, 9.17) is 5.73 Å². The third kappa shape index (κ3) is 2.85. The highest BCUT2D eigenvalue weighted by molar-refractivity contribution is 5.23. The molecule has 0 bridgehead atoms. The molecule has 0 aliphatic heterocycles. The van der Waals surface area contributed by atoms with Crippen LogP contribution in [-0.2, 0) is 6.42 Å². The zero-order valence-corrected chi connectivity index (χ0v) is 9.11. The Bertz CT molecular complexity index is 500. The van der Waals surface area contributed by atoms with Crippen molar-refractivity contribution in [1.29, 1.82) is 0 Å². The Morgan fingerprint density at radius 1 is 1.12 bits per heavy atom. The van der Waals surface area contributed by atoms with E-state index in [1.807, 2.05) is 0 Å². The second-order valence-corrected chi connectivity index (χ2v) is 3.83. The molecular formula is C13H12F2N2. The molecule has 2 rings (SSSR count). The van der Waals surface area contributed by atoms with Gasteiger partial charge in [-0.1, -0.05) is 0 Å². The van der Waals surface area contributed by atoms with Crippen molar-refractivity contribution in [1.82, 2.24) is 4.98 Å². The summed E-state index contributed by atoms with van der Waals surface area (Å²) >= 11 is 0. The molecule has 0 aliphatic carbocycles. The maximum atomic E-state index is 13.4. The van der Waals surface area contributed by atoms with Gasteiger partial charge in [-0.3, -0.25) is 4.98 Å². The summed E-state index contributed by atoms with van der Waals surface area (Å²) in [6, 6.07) is 6.55. The molecule has 2 N–H and O–H groups in total. The van der Waals surface area contributed by atoms with Crippen molar-refractivity contribution in [3.05, 3.63) is 65.5 Å². The molecule has 0 saturated carbocycles. The highest BCUT2D eigenvalue weighted by Gasteiger charge is 2.11. The van der Waals surface area contributed by atoms with Crippen molar-refractivity contribution in [2.24, 2.45) is 5.73 Å². The number of aromatic nitrogens is 1. The monoisotopic (exact) mass is 234 g/mol. The summed E-state index contributed by atoms with van der Waals surface area (Å²) in [5.74, 6) is -0.890. The Morgan fingerprint density at radius 3 is 2.53 bits per heavy atom. The van der Waals surface area contributed by atoms with Crippen molar-refractivity contribution in [2.45, 2.75) is 12.5 Å². The predicted molar refractivity (Wildman–Crippen MR) is 61.2 cm³/mol. The molecule has 1 heterocycles. The molecule has 88 valence electrons. The molecule has 0 fully saturated rings. The van der Waals surface area contributed by atoms with Gasteiger partial charge in [-0.2, -0.15) is 0 Å². The van der Waals surface area contributed by atoms with Gasteiger partial charge in [0.25, 0.3) is 0 Å². The van der Waals surface area contributed by atoms with Gasteiger partial charge in [-0.15, -0.1) is 0 Å². The first kappa shape index (κ1) is 11.7. The molecule has 1 aromatic heterocycles. The van der Waals surface area contributed by atoms with Gasteiger partial charge in [0.05, 0.1) is 0 Å². The van der Waals surface area contributed by atoms with Gasteiger partial charge in [0.2, 0.25) is 0 Å². The van der Waals surface area contributed by atoms with Crippen LogP contribution in [0.2, 0.25) is 0 Å². The van der Waals surface area contributed by atoms with E-state index in [1.165, 1.54) is 6.07 Å². The average molecular weight is 234 g/mol. The first-order valence-corrected chi connectivity index (χ1v) is 5.26. The van der Waals surface area contributed by atoms with E-state index in [0.717, 1.165) is 17.7 Å². The molecule has 0 aliphatic rings. The second kappa shape index (κ2) is 5.01. The second-order valence-electron chi connectivity index (χ2n) is 3.83. The van der Waals surface area contributed by atoms with Gasteiger partial charge in [0.15, 0.2) is 0 Å². The van der Waals surface area contributed by atoms with Crippen LogP contribution in [0.4, 0.5) is 8.78 Å². The van der Waals surface area contributed by atoms with Gasteiger partial charge in [-0.25, -0.2) is 8.78 Å². The van der Waals surface area contributed by atoms with E-state index in [1.54, 1.807) is 24.5 Å². The molecule has 0 amide bonds. The van der Waals surface area contributed by atoms with Gasteiger partial charge in [0.1, 0.15) is 11.6 Å². The summed E-state index contributed by atoms with van der Waals surface area (Å²) in [5, 5.41) is 0. The normalized spacial score (nSPS) is 12.4. The van der Waals surface area contributed by atoms with Crippen molar-refractivity contribution < 1.29 is 8.78 Å². The zero-order valence-electron chi connectivity index (χ0n) is 9.11. The molecule has 2 nitrogen and oxygen atoms in total. The van der Waals surface area contributed by atoms with Gasteiger partial charge in [-0.05, 0) is 47.9 Å². The van der Waals surface area contributed by atoms with Gasteiger partial charge >= 0.3 is 0 Å². The molecular weight excluding hydrogens is 222 g/mol. The zero-order chi connectivity index (χ0) is 12.3. The lowest BCUT2D eigenvalue weighted by atomic mass is 10.0. The molecule has 0 spiro atoms. The highest BCUT2D eigenvalue weighted by atomic mass is 19.1. The van der Waals surface area contributed by atoms with Crippen molar-refractivity contribution >= 4 is 0 Å². The molecule has 1 unspecified atom stereocenters. The number of halogens is 2. The molecule has 4 heteroatoms. The Hall–Kier alpha value is -1.81. The van der Waals surface area contributed by atoms with Crippen LogP contribution in [-0.4, -0.2) is 4.98 Å². The van der Waals surface area contributed by atoms with Crippen molar-refractivity contribution in [3.63, 3.8) is 0 Å². The number of pyridine rings is 1. The summed E-state index contributed by atoms with van der Waals surface area (Å²) in [6.45, 7) is 0. The van der Waals surface area contributed by atoms with Crippen LogP contribution in [0.3, 0.4) is 0 Å². The van der Waals surface area contributed by atoms with E-state index in [2.05, 4.69) is 4.98 Å². The largest absolute Gasteiger partial charge is 0.324 e. The maximum Gasteiger partial charge on any atom is 0.126 e. The van der Waals surface area contributed by atoms with Crippen LogP contribution in [0.1, 0.15) is 17.2 Å². The van der Waals surface area contributed by atoms with E-state index < -0.39 is 11.6 Å². The first-order chi connectivity index (χ1) is 8.16. The molecule has 17 heavy (non-hydrogen) atoms. The molecule has 0 radical (unpaired) electrons. The number of nitrogens with zero attached hydrogens (tertiary/aromatic N) is 1. The lowest BCUT2D eigenvalue weighted by molar-refractivity contribution is 0.572. The molecule has 1 atom stereocenters. The smallest absolute Gasteiger partial charge is 0.126 e. The Labute approximate surface area is 98.1 Å². The quantitative estimate of drug-likeness (QED) is 0.886. The lowest BCUT2D eigenvalue weighted by Crippen LogP contribution is -2.14. The number of hydrogen-bond acceptors (Lipinski definition) is 2. The van der Waals surface area contributed by atoms with E-state index in [-0.39, 0.29) is 18.0 Å². The Kier molecular flexibility index (Phi) is 3.44. The third-order valence-corrected chi connectivity index (χ3v) is 2.58. The summed E-state index contributed by atoms with van der Waals surface area (Å²) in [6.07, 6.45) is 3.50. The molecule has 2 aromatic rings. The fourth-order valence-corrected chi connectivity index (χ4v) is 1.67. The summed E-state index contributed by atoms with van der Waals surface area (Å²) in [7, 11) is 0. The van der Waals surface area contributed by atoms with Gasteiger partial charge in [0, 0.05) is 18.4 Å².